The molecule has 0 fully saturated rings. The van der Waals surface area contributed by atoms with E-state index in [0.29, 0.717) is 5.92 Å². The lowest BCUT2D eigenvalue weighted by Gasteiger charge is -2.16. The van der Waals surface area contributed by atoms with Crippen LogP contribution in [-0.4, -0.2) is 0 Å². The van der Waals surface area contributed by atoms with Crippen LogP contribution in [0, 0.1) is 34.5 Å². The number of rotatable bonds is 4. The summed E-state index contributed by atoms with van der Waals surface area (Å²) in [4.78, 5) is 0. The highest BCUT2D eigenvalue weighted by Crippen LogP contribution is 2.30. The van der Waals surface area contributed by atoms with Crippen LogP contribution in [-0.2, 0) is 0 Å². The fourth-order valence-electron chi connectivity index (χ4n) is 1.64. The Labute approximate surface area is 89.9 Å². The fourth-order valence-corrected chi connectivity index (χ4v) is 1.64. The molecule has 1 atom stereocenters. The minimum atomic E-state index is -0.626. The van der Waals surface area contributed by atoms with Gasteiger partial charge in [0.25, 0.3) is 0 Å². The number of hydrogen-bond donors (Lipinski definition) is 0. The summed E-state index contributed by atoms with van der Waals surface area (Å²) < 4.78 is 5.28. The van der Waals surface area contributed by atoms with E-state index in [2.05, 4.69) is 13.8 Å². The topological polar surface area (TPSA) is 60.7 Å². The Bertz CT molecular complexity index is 353. The van der Waals surface area contributed by atoms with Crippen molar-refractivity contribution in [1.82, 2.24) is 0 Å². The predicted molar refractivity (Wildman–Crippen MR) is 55.6 cm³/mol. The molecule has 0 saturated heterocycles. The first-order valence-corrected chi connectivity index (χ1v) is 5.01. The van der Waals surface area contributed by atoms with Gasteiger partial charge in [-0.2, -0.15) is 10.5 Å². The summed E-state index contributed by atoms with van der Waals surface area (Å²) in [7, 11) is 0. The zero-order valence-electron chi connectivity index (χ0n) is 8.97. The molecule has 3 heteroatoms. The van der Waals surface area contributed by atoms with Gasteiger partial charge in [0, 0.05) is 5.92 Å². The average Bonchev–Trinajstić information content (AvgIpc) is 2.70. The number of nitrogens with zero attached hydrogens (tertiary/aromatic N) is 2. The second-order valence-corrected chi connectivity index (χ2v) is 3.99. The van der Waals surface area contributed by atoms with Gasteiger partial charge in [-0.15, -0.1) is 0 Å². The smallest absolute Gasteiger partial charge is 0.143 e. The quantitative estimate of drug-likeness (QED) is 0.753. The van der Waals surface area contributed by atoms with Gasteiger partial charge in [-0.3, -0.25) is 0 Å². The third-order valence-electron chi connectivity index (χ3n) is 2.31. The van der Waals surface area contributed by atoms with Gasteiger partial charge < -0.3 is 4.42 Å². The summed E-state index contributed by atoms with van der Waals surface area (Å²) in [5, 5.41) is 17.8. The summed E-state index contributed by atoms with van der Waals surface area (Å²) in [6.45, 7) is 4.14. The number of hydrogen-bond acceptors (Lipinski definition) is 3. The third-order valence-corrected chi connectivity index (χ3v) is 2.31. The molecule has 0 spiro atoms. The van der Waals surface area contributed by atoms with Crippen LogP contribution in [0.3, 0.4) is 0 Å². The maximum absolute atomic E-state index is 8.89. The standard InChI is InChI=1S/C12H14N2O/c1-9(2)6-11(10(7-13)8-14)12-4-3-5-15-12/h3-5,9-11H,6H2,1-2H3. The zero-order valence-corrected chi connectivity index (χ0v) is 8.97. The molecule has 0 aromatic carbocycles. The van der Waals surface area contributed by atoms with Crippen LogP contribution in [0.5, 0.6) is 0 Å². The molecule has 0 amide bonds. The molecule has 15 heavy (non-hydrogen) atoms. The second-order valence-electron chi connectivity index (χ2n) is 3.99. The SMILES string of the molecule is CC(C)CC(c1ccco1)C(C#N)C#N. The lowest BCUT2D eigenvalue weighted by Crippen LogP contribution is -2.11. The lowest BCUT2D eigenvalue weighted by atomic mass is 9.85. The molecule has 78 valence electrons. The van der Waals surface area contributed by atoms with Gasteiger partial charge >= 0.3 is 0 Å². The second kappa shape index (κ2) is 5.22. The summed E-state index contributed by atoms with van der Waals surface area (Å²) in [6.07, 6.45) is 2.37. The van der Waals surface area contributed by atoms with Crippen LogP contribution >= 0.6 is 0 Å². The maximum atomic E-state index is 8.89. The van der Waals surface area contributed by atoms with E-state index in [1.165, 1.54) is 0 Å². The molecule has 1 rings (SSSR count). The summed E-state index contributed by atoms with van der Waals surface area (Å²) >= 11 is 0. The largest absolute Gasteiger partial charge is 0.469 e. The number of nitriles is 2. The molecule has 1 unspecified atom stereocenters. The normalized spacial score (nSPS) is 12.4. The maximum Gasteiger partial charge on any atom is 0.143 e. The summed E-state index contributed by atoms with van der Waals surface area (Å²) in [5.74, 6) is 0.426. The predicted octanol–water partition coefficient (Wildman–Crippen LogP) is 3.07. The van der Waals surface area contributed by atoms with Crippen LogP contribution < -0.4 is 0 Å². The van der Waals surface area contributed by atoms with E-state index in [1.807, 2.05) is 18.2 Å². The Morgan fingerprint density at radius 3 is 2.40 bits per heavy atom. The molecule has 0 aliphatic rings. The Hall–Kier alpha value is -1.74. The summed E-state index contributed by atoms with van der Waals surface area (Å²) in [6, 6.07) is 7.66. The molecule has 1 heterocycles. The Kier molecular flexibility index (Phi) is 3.94. The fraction of sp³-hybridized carbons (Fsp3) is 0.500. The van der Waals surface area contributed by atoms with Crippen LogP contribution in [0.1, 0.15) is 31.9 Å². The van der Waals surface area contributed by atoms with E-state index in [1.54, 1.807) is 12.3 Å². The molecule has 1 aromatic rings. The van der Waals surface area contributed by atoms with Gasteiger partial charge in [-0.1, -0.05) is 13.8 Å². The van der Waals surface area contributed by atoms with Gasteiger partial charge in [0.1, 0.15) is 11.7 Å². The molecule has 0 bridgehead atoms. The Morgan fingerprint density at radius 1 is 1.33 bits per heavy atom. The first-order chi connectivity index (χ1) is 7.19. The lowest BCUT2D eigenvalue weighted by molar-refractivity contribution is 0.385. The zero-order chi connectivity index (χ0) is 11.3. The van der Waals surface area contributed by atoms with Crippen LogP contribution in [0.4, 0.5) is 0 Å². The van der Waals surface area contributed by atoms with Crippen molar-refractivity contribution in [3.05, 3.63) is 24.2 Å². The van der Waals surface area contributed by atoms with E-state index < -0.39 is 5.92 Å². The van der Waals surface area contributed by atoms with E-state index in [9.17, 15) is 0 Å². The molecule has 0 aliphatic heterocycles. The van der Waals surface area contributed by atoms with E-state index in [4.69, 9.17) is 14.9 Å². The van der Waals surface area contributed by atoms with Crippen molar-refractivity contribution in [2.75, 3.05) is 0 Å². The number of furan rings is 1. The molecule has 0 radical (unpaired) electrons. The van der Waals surface area contributed by atoms with E-state index in [0.717, 1.165) is 12.2 Å². The van der Waals surface area contributed by atoms with Gasteiger partial charge in [0.2, 0.25) is 0 Å². The first-order valence-electron chi connectivity index (χ1n) is 5.01. The van der Waals surface area contributed by atoms with Crippen molar-refractivity contribution in [3.63, 3.8) is 0 Å². The van der Waals surface area contributed by atoms with Gasteiger partial charge in [-0.05, 0) is 24.5 Å². The monoisotopic (exact) mass is 202 g/mol. The molecule has 1 aromatic heterocycles. The Morgan fingerprint density at radius 2 is 2.00 bits per heavy atom. The van der Waals surface area contributed by atoms with E-state index >= 15 is 0 Å². The molecular formula is C12H14N2O. The van der Waals surface area contributed by atoms with Gasteiger partial charge in [0.15, 0.2) is 0 Å². The molecule has 0 saturated carbocycles. The van der Waals surface area contributed by atoms with Crippen molar-refractivity contribution in [2.24, 2.45) is 11.8 Å². The first kappa shape index (κ1) is 11.3. The minimum Gasteiger partial charge on any atom is -0.469 e. The summed E-state index contributed by atoms with van der Waals surface area (Å²) in [5.41, 5.74) is 0. The highest BCUT2D eigenvalue weighted by molar-refractivity contribution is 5.16. The van der Waals surface area contributed by atoms with Crippen molar-refractivity contribution in [1.29, 1.82) is 10.5 Å². The van der Waals surface area contributed by atoms with Crippen LogP contribution in [0.2, 0.25) is 0 Å². The van der Waals surface area contributed by atoms with Crippen molar-refractivity contribution < 1.29 is 4.42 Å². The van der Waals surface area contributed by atoms with Crippen molar-refractivity contribution in [2.45, 2.75) is 26.2 Å². The van der Waals surface area contributed by atoms with Gasteiger partial charge in [-0.25, -0.2) is 0 Å². The van der Waals surface area contributed by atoms with Crippen molar-refractivity contribution in [3.8, 4) is 12.1 Å². The van der Waals surface area contributed by atoms with Crippen LogP contribution in [0.25, 0.3) is 0 Å². The highest BCUT2D eigenvalue weighted by Gasteiger charge is 2.26. The molecule has 0 aliphatic carbocycles. The van der Waals surface area contributed by atoms with Gasteiger partial charge in [0.05, 0.1) is 18.4 Å². The third kappa shape index (κ3) is 2.86. The highest BCUT2D eigenvalue weighted by atomic mass is 16.3. The molecule has 3 nitrogen and oxygen atoms in total. The van der Waals surface area contributed by atoms with Crippen LogP contribution in [0.15, 0.2) is 22.8 Å². The molecule has 0 N–H and O–H groups in total. The minimum absolute atomic E-state index is 0.116. The molecular weight excluding hydrogens is 188 g/mol. The average molecular weight is 202 g/mol. The Balaban J connectivity index is 2.89. The van der Waals surface area contributed by atoms with E-state index in [-0.39, 0.29) is 5.92 Å². The van der Waals surface area contributed by atoms with Crippen molar-refractivity contribution >= 4 is 0 Å².